The molecule has 2 atom stereocenters. The molecule has 1 spiro atoms. The molecule has 0 bridgehead atoms. The average molecular weight is 233 g/mol. The molecule has 2 N–H and O–H groups in total. The lowest BCUT2D eigenvalue weighted by Gasteiger charge is -2.42. The average Bonchev–Trinajstić information content (AvgIpc) is 2.23. The van der Waals surface area contributed by atoms with Crippen LogP contribution in [0.2, 0.25) is 0 Å². The van der Waals surface area contributed by atoms with Crippen molar-refractivity contribution in [3.63, 3.8) is 0 Å². The summed E-state index contributed by atoms with van der Waals surface area (Å²) in [6, 6.07) is 0. The van der Waals surface area contributed by atoms with Gasteiger partial charge in [0.1, 0.15) is 0 Å². The van der Waals surface area contributed by atoms with E-state index in [1.807, 2.05) is 0 Å². The molecule has 0 aliphatic carbocycles. The van der Waals surface area contributed by atoms with E-state index in [-0.39, 0.29) is 6.10 Å². The zero-order valence-corrected chi connectivity index (χ0v) is 9.76. The molecule has 2 aliphatic heterocycles. The minimum absolute atomic E-state index is 0.101. The van der Waals surface area contributed by atoms with E-state index < -0.39 is 11.0 Å². The van der Waals surface area contributed by atoms with Crippen molar-refractivity contribution < 1.29 is 13.7 Å². The van der Waals surface area contributed by atoms with Gasteiger partial charge < -0.3 is 9.47 Å². The van der Waals surface area contributed by atoms with Crippen molar-refractivity contribution in [1.82, 2.24) is 0 Å². The molecule has 0 saturated carbocycles. The van der Waals surface area contributed by atoms with Crippen molar-refractivity contribution in [1.29, 1.82) is 0 Å². The summed E-state index contributed by atoms with van der Waals surface area (Å²) in [6.07, 6.45) is 4.46. The van der Waals surface area contributed by atoms with Gasteiger partial charge in [0.25, 0.3) is 0 Å². The standard InChI is InChI=1S/C10H19NO3S/c11-15(12)7-9-1-2-10(8-14-9)3-5-13-6-4-10/h9H,1-8,11H2. The normalized spacial score (nSPS) is 32.7. The molecule has 4 nitrogen and oxygen atoms in total. The van der Waals surface area contributed by atoms with Gasteiger partial charge in [-0.05, 0) is 31.1 Å². The van der Waals surface area contributed by atoms with E-state index in [9.17, 15) is 4.21 Å². The van der Waals surface area contributed by atoms with Crippen LogP contribution in [0.15, 0.2) is 0 Å². The Hall–Kier alpha value is 0.0300. The van der Waals surface area contributed by atoms with Crippen molar-refractivity contribution in [2.75, 3.05) is 25.6 Å². The van der Waals surface area contributed by atoms with E-state index in [1.165, 1.54) is 0 Å². The minimum atomic E-state index is -1.23. The summed E-state index contributed by atoms with van der Waals surface area (Å²) in [4.78, 5) is 0. The fraction of sp³-hybridized carbons (Fsp3) is 1.00. The Morgan fingerprint density at radius 1 is 1.33 bits per heavy atom. The summed E-state index contributed by atoms with van der Waals surface area (Å²) in [7, 11) is -1.23. The van der Waals surface area contributed by atoms with Crippen molar-refractivity contribution >= 4 is 11.0 Å². The highest BCUT2D eigenvalue weighted by molar-refractivity contribution is 7.82. The monoisotopic (exact) mass is 233 g/mol. The largest absolute Gasteiger partial charge is 0.381 e. The fourth-order valence-electron chi connectivity index (χ4n) is 2.43. The van der Waals surface area contributed by atoms with E-state index in [0.29, 0.717) is 11.2 Å². The van der Waals surface area contributed by atoms with Crippen LogP contribution in [0.3, 0.4) is 0 Å². The van der Waals surface area contributed by atoms with Gasteiger partial charge in [0.05, 0.1) is 29.4 Å². The van der Waals surface area contributed by atoms with Crippen molar-refractivity contribution in [3.05, 3.63) is 0 Å². The predicted octanol–water partition coefficient (Wildman–Crippen LogP) is 0.585. The van der Waals surface area contributed by atoms with Crippen LogP contribution in [0.5, 0.6) is 0 Å². The lowest BCUT2D eigenvalue weighted by atomic mass is 9.75. The number of ether oxygens (including phenoxy) is 2. The van der Waals surface area contributed by atoms with Crippen LogP contribution in [0.25, 0.3) is 0 Å². The molecule has 2 rings (SSSR count). The SMILES string of the molecule is NS(=O)CC1CCC2(CCOCC2)CO1. The number of nitrogens with two attached hydrogens (primary N) is 1. The molecular weight excluding hydrogens is 214 g/mol. The van der Waals surface area contributed by atoms with E-state index >= 15 is 0 Å². The summed E-state index contributed by atoms with van der Waals surface area (Å²) in [6.45, 7) is 2.51. The molecule has 0 radical (unpaired) electrons. The van der Waals surface area contributed by atoms with E-state index in [1.54, 1.807) is 0 Å². The third kappa shape index (κ3) is 3.00. The van der Waals surface area contributed by atoms with Crippen LogP contribution in [0.1, 0.15) is 25.7 Å². The first-order valence-corrected chi connectivity index (χ1v) is 6.91. The van der Waals surface area contributed by atoms with Gasteiger partial charge in [-0.2, -0.15) is 0 Å². The lowest BCUT2D eigenvalue weighted by molar-refractivity contribution is -0.0981. The summed E-state index contributed by atoms with van der Waals surface area (Å²) >= 11 is 0. The molecule has 15 heavy (non-hydrogen) atoms. The Bertz CT molecular complexity index is 231. The van der Waals surface area contributed by atoms with Gasteiger partial charge in [0.2, 0.25) is 0 Å². The topological polar surface area (TPSA) is 61.6 Å². The maximum absolute atomic E-state index is 10.9. The molecule has 2 unspecified atom stereocenters. The van der Waals surface area contributed by atoms with Crippen molar-refractivity contribution in [3.8, 4) is 0 Å². The Balaban J connectivity index is 1.82. The first-order valence-electron chi connectivity index (χ1n) is 5.52. The maximum Gasteiger partial charge on any atom is 0.0914 e. The molecule has 2 saturated heterocycles. The molecular formula is C10H19NO3S. The Kier molecular flexibility index (Phi) is 3.77. The Labute approximate surface area is 93.1 Å². The second-order valence-electron chi connectivity index (χ2n) is 4.63. The molecule has 88 valence electrons. The highest BCUT2D eigenvalue weighted by Crippen LogP contribution is 2.39. The summed E-state index contributed by atoms with van der Waals surface area (Å²) < 4.78 is 22.0. The van der Waals surface area contributed by atoms with E-state index in [4.69, 9.17) is 14.6 Å². The molecule has 2 fully saturated rings. The first kappa shape index (κ1) is 11.5. The predicted molar refractivity (Wildman–Crippen MR) is 58.7 cm³/mol. The second kappa shape index (κ2) is 4.91. The highest BCUT2D eigenvalue weighted by atomic mass is 32.2. The molecule has 5 heteroatoms. The van der Waals surface area contributed by atoms with Crippen molar-refractivity contribution in [2.24, 2.45) is 10.6 Å². The van der Waals surface area contributed by atoms with Gasteiger partial charge in [-0.15, -0.1) is 0 Å². The van der Waals surface area contributed by atoms with E-state index in [0.717, 1.165) is 45.5 Å². The van der Waals surface area contributed by atoms with Gasteiger partial charge in [-0.3, -0.25) is 5.14 Å². The number of hydrogen-bond donors (Lipinski definition) is 1. The quantitative estimate of drug-likeness (QED) is 0.759. The lowest BCUT2D eigenvalue weighted by Crippen LogP contribution is -2.42. The molecule has 0 aromatic heterocycles. The summed E-state index contributed by atoms with van der Waals surface area (Å²) in [5, 5.41) is 5.27. The summed E-state index contributed by atoms with van der Waals surface area (Å²) in [5.74, 6) is 0.479. The summed E-state index contributed by atoms with van der Waals surface area (Å²) in [5.41, 5.74) is 0.338. The highest BCUT2D eigenvalue weighted by Gasteiger charge is 2.37. The molecule has 0 aromatic rings. The zero-order valence-electron chi connectivity index (χ0n) is 8.94. The van der Waals surface area contributed by atoms with E-state index in [2.05, 4.69) is 0 Å². The van der Waals surface area contributed by atoms with Gasteiger partial charge >= 0.3 is 0 Å². The van der Waals surface area contributed by atoms with Gasteiger partial charge in [0.15, 0.2) is 0 Å². The van der Waals surface area contributed by atoms with Crippen LogP contribution in [-0.2, 0) is 20.5 Å². The number of hydrogen-bond acceptors (Lipinski definition) is 3. The van der Waals surface area contributed by atoms with Crippen LogP contribution in [-0.4, -0.2) is 35.9 Å². The fourth-order valence-corrected chi connectivity index (χ4v) is 3.06. The molecule has 2 aliphatic rings. The van der Waals surface area contributed by atoms with Crippen LogP contribution in [0.4, 0.5) is 0 Å². The third-order valence-corrected chi connectivity index (χ3v) is 4.23. The first-order chi connectivity index (χ1) is 7.20. The second-order valence-corrected chi connectivity index (χ2v) is 5.73. The van der Waals surface area contributed by atoms with Crippen LogP contribution < -0.4 is 5.14 Å². The minimum Gasteiger partial charge on any atom is -0.381 e. The third-order valence-electron chi connectivity index (χ3n) is 3.53. The maximum atomic E-state index is 10.9. The Morgan fingerprint density at radius 3 is 2.60 bits per heavy atom. The molecule has 0 aromatic carbocycles. The smallest absolute Gasteiger partial charge is 0.0914 e. The van der Waals surface area contributed by atoms with Gasteiger partial charge in [0, 0.05) is 13.2 Å². The number of rotatable bonds is 2. The molecule has 0 amide bonds. The Morgan fingerprint density at radius 2 is 2.07 bits per heavy atom. The van der Waals surface area contributed by atoms with Crippen molar-refractivity contribution in [2.45, 2.75) is 31.8 Å². The van der Waals surface area contributed by atoms with Gasteiger partial charge in [-0.25, -0.2) is 4.21 Å². The van der Waals surface area contributed by atoms with Crippen LogP contribution in [0, 0.1) is 5.41 Å². The zero-order chi connectivity index (χ0) is 10.7. The molecule has 2 heterocycles. The van der Waals surface area contributed by atoms with Gasteiger partial charge in [-0.1, -0.05) is 0 Å². The van der Waals surface area contributed by atoms with Crippen LogP contribution >= 0.6 is 0 Å².